The van der Waals surface area contributed by atoms with Crippen LogP contribution >= 0.6 is 12.4 Å². The molecule has 2 aliphatic rings. The SMILES string of the molecule is CN[C@@H]1C[C@@H]2CC(=O)N(C)C[C@@H]2C1.Cl. The molecule has 0 spiro atoms. The lowest BCUT2D eigenvalue weighted by Crippen LogP contribution is -2.39. The van der Waals surface area contributed by atoms with Crippen LogP contribution in [0.5, 0.6) is 0 Å². The van der Waals surface area contributed by atoms with Crippen LogP contribution in [0, 0.1) is 11.8 Å². The molecular formula is C10H19ClN2O. The van der Waals surface area contributed by atoms with Gasteiger partial charge in [0.1, 0.15) is 0 Å². The molecule has 3 atom stereocenters. The molecule has 14 heavy (non-hydrogen) atoms. The normalized spacial score (nSPS) is 36.6. The molecule has 1 amide bonds. The lowest BCUT2D eigenvalue weighted by atomic mass is 9.88. The number of rotatable bonds is 1. The van der Waals surface area contributed by atoms with E-state index in [0.717, 1.165) is 18.9 Å². The van der Waals surface area contributed by atoms with Crippen LogP contribution < -0.4 is 5.32 Å². The zero-order chi connectivity index (χ0) is 9.42. The lowest BCUT2D eigenvalue weighted by Gasteiger charge is -2.31. The predicted molar refractivity (Wildman–Crippen MR) is 58.6 cm³/mol. The fraction of sp³-hybridized carbons (Fsp3) is 0.900. The standard InChI is InChI=1S/C10H18N2O.ClH/c1-11-9-3-7-5-10(13)12(2)6-8(7)4-9;/h7-9,11H,3-6H2,1-2H3;1H/t7-,8+,9-;/m1./s1. The molecule has 1 saturated carbocycles. The average Bonchev–Trinajstić information content (AvgIpc) is 2.48. The highest BCUT2D eigenvalue weighted by atomic mass is 35.5. The van der Waals surface area contributed by atoms with Crippen LogP contribution in [-0.2, 0) is 4.79 Å². The fourth-order valence-electron chi connectivity index (χ4n) is 2.76. The number of fused-ring (bicyclic) bond motifs is 1. The summed E-state index contributed by atoms with van der Waals surface area (Å²) in [6, 6.07) is 0.648. The number of nitrogens with zero attached hydrogens (tertiary/aromatic N) is 1. The number of amides is 1. The minimum absolute atomic E-state index is 0. The third kappa shape index (κ3) is 2.04. The molecule has 1 N–H and O–H groups in total. The molecule has 1 heterocycles. The van der Waals surface area contributed by atoms with Gasteiger partial charge in [-0.3, -0.25) is 4.79 Å². The maximum Gasteiger partial charge on any atom is 0.222 e. The molecule has 82 valence electrons. The molecule has 0 aromatic carbocycles. The second-order valence-corrected chi connectivity index (χ2v) is 4.46. The lowest BCUT2D eigenvalue weighted by molar-refractivity contribution is -0.134. The molecule has 2 fully saturated rings. The summed E-state index contributed by atoms with van der Waals surface area (Å²) in [5.41, 5.74) is 0. The van der Waals surface area contributed by atoms with E-state index in [1.165, 1.54) is 12.8 Å². The quantitative estimate of drug-likeness (QED) is 0.709. The Bertz CT molecular complexity index is 222. The van der Waals surface area contributed by atoms with Gasteiger partial charge in [0.25, 0.3) is 0 Å². The van der Waals surface area contributed by atoms with E-state index in [1.807, 2.05) is 19.0 Å². The molecule has 2 rings (SSSR count). The van der Waals surface area contributed by atoms with Crippen molar-refractivity contribution in [1.82, 2.24) is 10.2 Å². The molecule has 1 aliphatic heterocycles. The van der Waals surface area contributed by atoms with Crippen molar-refractivity contribution in [2.24, 2.45) is 11.8 Å². The molecule has 0 aromatic rings. The molecule has 0 unspecified atom stereocenters. The van der Waals surface area contributed by atoms with Gasteiger partial charge in [-0.05, 0) is 31.7 Å². The summed E-state index contributed by atoms with van der Waals surface area (Å²) in [7, 11) is 3.94. The first kappa shape index (κ1) is 11.8. The number of halogens is 1. The number of nitrogens with one attached hydrogen (secondary N) is 1. The Morgan fingerprint density at radius 1 is 1.36 bits per heavy atom. The first-order chi connectivity index (χ1) is 6.20. The average molecular weight is 219 g/mol. The molecule has 1 aliphatic carbocycles. The first-order valence-electron chi connectivity index (χ1n) is 5.12. The van der Waals surface area contributed by atoms with Crippen LogP contribution in [0.25, 0.3) is 0 Å². The van der Waals surface area contributed by atoms with Gasteiger partial charge in [0.15, 0.2) is 0 Å². The Morgan fingerprint density at radius 3 is 2.64 bits per heavy atom. The van der Waals surface area contributed by atoms with E-state index in [2.05, 4.69) is 5.32 Å². The molecule has 4 heteroatoms. The topological polar surface area (TPSA) is 32.3 Å². The zero-order valence-corrected chi connectivity index (χ0v) is 9.64. The van der Waals surface area contributed by atoms with Gasteiger partial charge in [-0.15, -0.1) is 12.4 Å². The molecule has 1 saturated heterocycles. The summed E-state index contributed by atoms with van der Waals surface area (Å²) >= 11 is 0. The van der Waals surface area contributed by atoms with Crippen molar-refractivity contribution in [2.45, 2.75) is 25.3 Å². The summed E-state index contributed by atoms with van der Waals surface area (Å²) < 4.78 is 0. The monoisotopic (exact) mass is 218 g/mol. The van der Waals surface area contributed by atoms with Crippen LogP contribution in [0.3, 0.4) is 0 Å². The van der Waals surface area contributed by atoms with Gasteiger partial charge in [-0.1, -0.05) is 0 Å². The van der Waals surface area contributed by atoms with Crippen molar-refractivity contribution in [3.05, 3.63) is 0 Å². The summed E-state index contributed by atoms with van der Waals surface area (Å²) in [5, 5.41) is 3.32. The van der Waals surface area contributed by atoms with Gasteiger partial charge in [-0.25, -0.2) is 0 Å². The maximum absolute atomic E-state index is 11.4. The second-order valence-electron chi connectivity index (χ2n) is 4.46. The minimum atomic E-state index is 0. The third-order valence-electron chi connectivity index (χ3n) is 3.62. The van der Waals surface area contributed by atoms with E-state index in [0.29, 0.717) is 17.9 Å². The molecular weight excluding hydrogens is 200 g/mol. The Kier molecular flexibility index (Phi) is 3.78. The largest absolute Gasteiger partial charge is 0.345 e. The predicted octanol–water partition coefficient (Wildman–Crippen LogP) is 0.884. The van der Waals surface area contributed by atoms with E-state index < -0.39 is 0 Å². The molecule has 3 nitrogen and oxygen atoms in total. The smallest absolute Gasteiger partial charge is 0.222 e. The Labute approximate surface area is 91.6 Å². The number of hydrogen-bond donors (Lipinski definition) is 1. The number of hydrogen-bond acceptors (Lipinski definition) is 2. The molecule has 0 bridgehead atoms. The van der Waals surface area contributed by atoms with E-state index in [4.69, 9.17) is 0 Å². The van der Waals surface area contributed by atoms with Crippen LogP contribution in [0.15, 0.2) is 0 Å². The van der Waals surface area contributed by atoms with Crippen molar-refractivity contribution in [3.8, 4) is 0 Å². The first-order valence-corrected chi connectivity index (χ1v) is 5.12. The van der Waals surface area contributed by atoms with Crippen molar-refractivity contribution >= 4 is 18.3 Å². The zero-order valence-electron chi connectivity index (χ0n) is 8.82. The highest BCUT2D eigenvalue weighted by Crippen LogP contribution is 2.37. The number of carbonyl (C=O) groups is 1. The highest BCUT2D eigenvalue weighted by Gasteiger charge is 2.39. The Balaban J connectivity index is 0.000000980. The van der Waals surface area contributed by atoms with Gasteiger partial charge >= 0.3 is 0 Å². The van der Waals surface area contributed by atoms with Crippen LogP contribution in [-0.4, -0.2) is 37.5 Å². The van der Waals surface area contributed by atoms with Crippen LogP contribution in [0.2, 0.25) is 0 Å². The summed E-state index contributed by atoms with van der Waals surface area (Å²) in [6.45, 7) is 0.974. The van der Waals surface area contributed by atoms with Gasteiger partial charge in [0.2, 0.25) is 5.91 Å². The van der Waals surface area contributed by atoms with Gasteiger partial charge in [0, 0.05) is 26.1 Å². The Hall–Kier alpha value is -0.280. The third-order valence-corrected chi connectivity index (χ3v) is 3.62. The summed E-state index contributed by atoms with van der Waals surface area (Å²) in [5.74, 6) is 1.74. The van der Waals surface area contributed by atoms with Crippen LogP contribution in [0.1, 0.15) is 19.3 Å². The minimum Gasteiger partial charge on any atom is -0.345 e. The number of likely N-dealkylation sites (tertiary alicyclic amines) is 1. The van der Waals surface area contributed by atoms with E-state index in [-0.39, 0.29) is 12.4 Å². The number of piperidine rings is 1. The van der Waals surface area contributed by atoms with Crippen LogP contribution in [0.4, 0.5) is 0 Å². The molecule has 0 aromatic heterocycles. The van der Waals surface area contributed by atoms with Crippen molar-refractivity contribution in [2.75, 3.05) is 20.6 Å². The van der Waals surface area contributed by atoms with Gasteiger partial charge < -0.3 is 10.2 Å². The summed E-state index contributed by atoms with van der Waals surface area (Å²) in [4.78, 5) is 13.3. The molecule has 0 radical (unpaired) electrons. The van der Waals surface area contributed by atoms with Gasteiger partial charge in [-0.2, -0.15) is 0 Å². The van der Waals surface area contributed by atoms with Crippen molar-refractivity contribution < 1.29 is 4.79 Å². The Morgan fingerprint density at radius 2 is 2.00 bits per heavy atom. The van der Waals surface area contributed by atoms with E-state index in [9.17, 15) is 4.79 Å². The summed E-state index contributed by atoms with van der Waals surface area (Å²) in [6.07, 6.45) is 3.22. The highest BCUT2D eigenvalue weighted by molar-refractivity contribution is 5.85. The van der Waals surface area contributed by atoms with E-state index in [1.54, 1.807) is 0 Å². The number of carbonyl (C=O) groups excluding carboxylic acids is 1. The van der Waals surface area contributed by atoms with Gasteiger partial charge in [0.05, 0.1) is 0 Å². The van der Waals surface area contributed by atoms with Crippen molar-refractivity contribution in [3.63, 3.8) is 0 Å². The van der Waals surface area contributed by atoms with E-state index >= 15 is 0 Å². The second kappa shape index (κ2) is 4.49. The van der Waals surface area contributed by atoms with Crippen molar-refractivity contribution in [1.29, 1.82) is 0 Å². The maximum atomic E-state index is 11.4. The fourth-order valence-corrected chi connectivity index (χ4v) is 2.76.